The summed E-state index contributed by atoms with van der Waals surface area (Å²) in [6.45, 7) is 11.6. The van der Waals surface area contributed by atoms with E-state index in [1.54, 1.807) is 6.92 Å². The van der Waals surface area contributed by atoms with Crippen LogP contribution in [0.3, 0.4) is 0 Å². The van der Waals surface area contributed by atoms with Crippen LogP contribution in [0.5, 0.6) is 0 Å². The van der Waals surface area contributed by atoms with Gasteiger partial charge in [0.05, 0.1) is 12.1 Å². The van der Waals surface area contributed by atoms with Crippen molar-refractivity contribution in [3.8, 4) is 0 Å². The number of benzene rings is 1. The zero-order chi connectivity index (χ0) is 17.9. The van der Waals surface area contributed by atoms with Crippen LogP contribution < -0.4 is 5.32 Å². The lowest BCUT2D eigenvalue weighted by molar-refractivity contribution is 0.126. The predicted octanol–water partition coefficient (Wildman–Crippen LogP) is 3.95. The number of nitrogens with one attached hydrogen (secondary N) is 1. The summed E-state index contributed by atoms with van der Waals surface area (Å²) in [6, 6.07) is 6.53. The molecular formula is C20H32N2O2. The molecule has 2 atom stereocenters. The number of nitrogens with zero attached hydrogens (tertiary/aromatic N) is 1. The zero-order valence-electron chi connectivity index (χ0n) is 15.7. The molecule has 1 aliphatic rings. The van der Waals surface area contributed by atoms with Crippen LogP contribution in [-0.2, 0) is 0 Å². The molecule has 2 amide bonds. The fourth-order valence-electron chi connectivity index (χ4n) is 3.76. The number of aliphatic hydroxyl groups is 1. The number of carbonyl (C=O) groups excluding carboxylic acids is 1. The predicted molar refractivity (Wildman–Crippen MR) is 98.1 cm³/mol. The molecule has 1 heterocycles. The average molecular weight is 332 g/mol. The lowest BCUT2D eigenvalue weighted by Gasteiger charge is -2.30. The molecule has 24 heavy (non-hydrogen) atoms. The van der Waals surface area contributed by atoms with Gasteiger partial charge in [0.25, 0.3) is 0 Å². The Hall–Kier alpha value is -1.55. The third-order valence-corrected chi connectivity index (χ3v) is 5.09. The summed E-state index contributed by atoms with van der Waals surface area (Å²) in [5.74, 6) is 0. The molecule has 1 saturated heterocycles. The summed E-state index contributed by atoms with van der Waals surface area (Å²) in [6.07, 6.45) is 2.39. The van der Waals surface area contributed by atoms with Crippen molar-refractivity contribution in [3.63, 3.8) is 0 Å². The van der Waals surface area contributed by atoms with Gasteiger partial charge in [-0.3, -0.25) is 0 Å². The second-order valence-electron chi connectivity index (χ2n) is 8.02. The number of aliphatic hydroxyl groups excluding tert-OH is 1. The van der Waals surface area contributed by atoms with E-state index in [0.29, 0.717) is 13.0 Å². The largest absolute Gasteiger partial charge is 0.393 e. The molecule has 1 aromatic rings. The fraction of sp³-hybridized carbons (Fsp3) is 0.650. The first kappa shape index (κ1) is 18.8. The number of aryl methyl sites for hydroxylation is 1. The number of rotatable bonds is 5. The Labute approximate surface area is 146 Å². The van der Waals surface area contributed by atoms with Crippen molar-refractivity contribution < 1.29 is 9.90 Å². The van der Waals surface area contributed by atoms with Gasteiger partial charge in [-0.25, -0.2) is 4.79 Å². The van der Waals surface area contributed by atoms with Crippen LogP contribution in [0.25, 0.3) is 0 Å². The quantitative estimate of drug-likeness (QED) is 0.858. The molecule has 1 aromatic carbocycles. The molecule has 2 rings (SSSR count). The van der Waals surface area contributed by atoms with E-state index in [1.807, 2.05) is 4.90 Å². The molecule has 0 saturated carbocycles. The Morgan fingerprint density at radius 1 is 1.42 bits per heavy atom. The summed E-state index contributed by atoms with van der Waals surface area (Å²) in [5, 5.41) is 12.7. The molecule has 2 N–H and O–H groups in total. The Bertz CT molecular complexity index is 581. The molecule has 1 fully saturated rings. The van der Waals surface area contributed by atoms with Crippen LogP contribution in [0.1, 0.15) is 62.8 Å². The molecular weight excluding hydrogens is 300 g/mol. The van der Waals surface area contributed by atoms with Gasteiger partial charge in [0, 0.05) is 13.1 Å². The molecule has 2 unspecified atom stereocenters. The van der Waals surface area contributed by atoms with E-state index in [9.17, 15) is 9.90 Å². The van der Waals surface area contributed by atoms with E-state index in [0.717, 1.165) is 19.4 Å². The number of hydrogen-bond donors (Lipinski definition) is 2. The van der Waals surface area contributed by atoms with E-state index in [2.05, 4.69) is 51.2 Å². The number of amides is 2. The Balaban J connectivity index is 2.05. The normalized spacial score (nSPS) is 19.4. The molecule has 0 aliphatic carbocycles. The highest BCUT2D eigenvalue weighted by Gasteiger charge is 2.32. The molecule has 4 heteroatoms. The molecule has 134 valence electrons. The van der Waals surface area contributed by atoms with Crippen LogP contribution in [0.2, 0.25) is 0 Å². The van der Waals surface area contributed by atoms with Crippen LogP contribution in [0.4, 0.5) is 4.79 Å². The summed E-state index contributed by atoms with van der Waals surface area (Å²) in [4.78, 5) is 14.7. The van der Waals surface area contributed by atoms with Crippen LogP contribution in [0.15, 0.2) is 18.2 Å². The number of likely N-dealkylation sites (tertiary alicyclic amines) is 1. The minimum atomic E-state index is -0.355. The SMILES string of the molecule is Cc1cccc(C2CCCN2C(=O)NCC(C)(C)CC(C)O)c1C. The summed E-state index contributed by atoms with van der Waals surface area (Å²) >= 11 is 0. The lowest BCUT2D eigenvalue weighted by Crippen LogP contribution is -2.43. The van der Waals surface area contributed by atoms with Gasteiger partial charge in [0.2, 0.25) is 0 Å². The van der Waals surface area contributed by atoms with Crippen molar-refractivity contribution in [2.75, 3.05) is 13.1 Å². The van der Waals surface area contributed by atoms with Crippen LogP contribution in [0, 0.1) is 19.3 Å². The van der Waals surface area contributed by atoms with Gasteiger partial charge < -0.3 is 15.3 Å². The first-order chi connectivity index (χ1) is 11.2. The van der Waals surface area contributed by atoms with Crippen molar-refractivity contribution in [1.82, 2.24) is 10.2 Å². The molecule has 4 nitrogen and oxygen atoms in total. The topological polar surface area (TPSA) is 52.6 Å². The van der Waals surface area contributed by atoms with E-state index in [-0.39, 0.29) is 23.6 Å². The van der Waals surface area contributed by atoms with Crippen molar-refractivity contribution >= 4 is 6.03 Å². The van der Waals surface area contributed by atoms with Gasteiger partial charge in [0.1, 0.15) is 0 Å². The highest BCUT2D eigenvalue weighted by molar-refractivity contribution is 5.75. The van der Waals surface area contributed by atoms with Gasteiger partial charge in [0.15, 0.2) is 0 Å². The van der Waals surface area contributed by atoms with E-state index in [1.165, 1.54) is 16.7 Å². The number of hydrogen-bond acceptors (Lipinski definition) is 2. The Kier molecular flexibility index (Phi) is 5.92. The standard InChI is InChI=1S/C20H32N2O2/c1-14-8-6-9-17(16(14)3)18-10-7-11-22(18)19(24)21-13-20(4,5)12-15(2)23/h6,8-9,15,18,23H,7,10-13H2,1-5H3,(H,21,24). The third kappa shape index (κ3) is 4.50. The maximum atomic E-state index is 12.7. The first-order valence-corrected chi connectivity index (χ1v) is 9.00. The van der Waals surface area contributed by atoms with Gasteiger partial charge in [-0.15, -0.1) is 0 Å². The van der Waals surface area contributed by atoms with Crippen molar-refractivity contribution in [3.05, 3.63) is 34.9 Å². The molecule has 1 aliphatic heterocycles. The van der Waals surface area contributed by atoms with Crippen LogP contribution >= 0.6 is 0 Å². The third-order valence-electron chi connectivity index (χ3n) is 5.09. The molecule has 0 spiro atoms. The van der Waals surface area contributed by atoms with E-state index in [4.69, 9.17) is 0 Å². The van der Waals surface area contributed by atoms with Crippen molar-refractivity contribution in [1.29, 1.82) is 0 Å². The minimum absolute atomic E-state index is 0.0112. The monoisotopic (exact) mass is 332 g/mol. The summed E-state index contributed by atoms with van der Waals surface area (Å²) < 4.78 is 0. The van der Waals surface area contributed by atoms with Crippen molar-refractivity contribution in [2.45, 2.75) is 66.0 Å². The van der Waals surface area contributed by atoms with Gasteiger partial charge in [-0.2, -0.15) is 0 Å². The average Bonchev–Trinajstić information content (AvgIpc) is 2.96. The highest BCUT2D eigenvalue weighted by Crippen LogP contribution is 2.34. The Morgan fingerprint density at radius 3 is 2.79 bits per heavy atom. The summed E-state index contributed by atoms with van der Waals surface area (Å²) in [5.41, 5.74) is 3.72. The maximum Gasteiger partial charge on any atom is 0.317 e. The smallest absolute Gasteiger partial charge is 0.317 e. The maximum absolute atomic E-state index is 12.7. The van der Waals surface area contributed by atoms with E-state index < -0.39 is 0 Å². The zero-order valence-corrected chi connectivity index (χ0v) is 15.7. The molecule has 0 bridgehead atoms. The van der Waals surface area contributed by atoms with E-state index >= 15 is 0 Å². The van der Waals surface area contributed by atoms with Crippen molar-refractivity contribution in [2.24, 2.45) is 5.41 Å². The summed E-state index contributed by atoms with van der Waals surface area (Å²) in [7, 11) is 0. The second-order valence-corrected chi connectivity index (χ2v) is 8.02. The Morgan fingerprint density at radius 2 is 2.12 bits per heavy atom. The fourth-order valence-corrected chi connectivity index (χ4v) is 3.76. The van der Waals surface area contributed by atoms with Gasteiger partial charge in [-0.05, 0) is 62.1 Å². The van der Waals surface area contributed by atoms with Gasteiger partial charge in [-0.1, -0.05) is 32.0 Å². The second kappa shape index (κ2) is 7.56. The molecule has 0 radical (unpaired) electrons. The lowest BCUT2D eigenvalue weighted by atomic mass is 9.87. The number of urea groups is 1. The molecule has 0 aromatic heterocycles. The van der Waals surface area contributed by atoms with Gasteiger partial charge >= 0.3 is 6.03 Å². The first-order valence-electron chi connectivity index (χ1n) is 9.00. The minimum Gasteiger partial charge on any atom is -0.393 e. The highest BCUT2D eigenvalue weighted by atomic mass is 16.3. The number of carbonyl (C=O) groups is 1. The van der Waals surface area contributed by atoms with Crippen LogP contribution in [-0.4, -0.2) is 35.2 Å².